The summed E-state index contributed by atoms with van der Waals surface area (Å²) < 4.78 is 27.9. The molecule has 1 saturated heterocycles. The van der Waals surface area contributed by atoms with Gasteiger partial charge in [0.1, 0.15) is 0 Å². The Balaban J connectivity index is 1.16. The van der Waals surface area contributed by atoms with E-state index < -0.39 is 10.0 Å². The van der Waals surface area contributed by atoms with E-state index in [9.17, 15) is 13.7 Å². The summed E-state index contributed by atoms with van der Waals surface area (Å²) in [6, 6.07) is 24.3. The van der Waals surface area contributed by atoms with Gasteiger partial charge in [0, 0.05) is 67.1 Å². The van der Waals surface area contributed by atoms with Crippen LogP contribution in [0.3, 0.4) is 0 Å². The largest absolute Gasteiger partial charge is 0.368 e. The zero-order valence-corrected chi connectivity index (χ0v) is 21.2. The van der Waals surface area contributed by atoms with E-state index in [0.717, 1.165) is 61.1 Å². The molecule has 1 fully saturated rings. The molecule has 3 heterocycles. The fourth-order valence-electron chi connectivity index (χ4n) is 5.26. The van der Waals surface area contributed by atoms with Crippen LogP contribution in [0.4, 0.5) is 5.69 Å². The number of nitrogens with zero attached hydrogens (tertiary/aromatic N) is 4. The number of piperazine rings is 1. The van der Waals surface area contributed by atoms with E-state index >= 15 is 0 Å². The molecular weight excluding hydrogens is 482 g/mol. The lowest BCUT2D eigenvalue weighted by Crippen LogP contribution is -2.47. The van der Waals surface area contributed by atoms with Gasteiger partial charge in [-0.3, -0.25) is 4.90 Å². The van der Waals surface area contributed by atoms with E-state index in [1.54, 1.807) is 30.5 Å². The van der Waals surface area contributed by atoms with Crippen molar-refractivity contribution in [3.05, 3.63) is 96.3 Å². The molecular formula is C29H27N5O2S. The molecule has 1 aliphatic rings. The van der Waals surface area contributed by atoms with E-state index in [0.29, 0.717) is 11.1 Å². The van der Waals surface area contributed by atoms with Crippen molar-refractivity contribution in [2.24, 2.45) is 0 Å². The fraction of sp³-hybridized carbons (Fsp3) is 0.207. The highest BCUT2D eigenvalue weighted by Crippen LogP contribution is 2.31. The molecule has 0 amide bonds. The van der Waals surface area contributed by atoms with Crippen molar-refractivity contribution >= 4 is 37.5 Å². The Morgan fingerprint density at radius 3 is 2.49 bits per heavy atom. The minimum Gasteiger partial charge on any atom is -0.368 e. The van der Waals surface area contributed by atoms with Crippen molar-refractivity contribution < 1.29 is 8.42 Å². The first-order chi connectivity index (χ1) is 18.0. The first-order valence-electron chi connectivity index (χ1n) is 12.4. The lowest BCUT2D eigenvalue weighted by atomic mass is 10.1. The summed E-state index contributed by atoms with van der Waals surface area (Å²) in [7, 11) is -3.66. The van der Waals surface area contributed by atoms with Gasteiger partial charge in [0.25, 0.3) is 10.0 Å². The fourth-order valence-corrected chi connectivity index (χ4v) is 6.63. The number of aromatic amines is 1. The molecule has 0 atom stereocenters. The summed E-state index contributed by atoms with van der Waals surface area (Å²) in [6.45, 7) is 4.58. The van der Waals surface area contributed by atoms with Gasteiger partial charge in [-0.2, -0.15) is 5.26 Å². The molecule has 0 aliphatic carbocycles. The maximum Gasteiger partial charge on any atom is 0.268 e. The Morgan fingerprint density at radius 2 is 1.70 bits per heavy atom. The number of benzene rings is 3. The molecule has 0 bridgehead atoms. The van der Waals surface area contributed by atoms with Gasteiger partial charge < -0.3 is 9.88 Å². The van der Waals surface area contributed by atoms with Gasteiger partial charge in [0.15, 0.2) is 0 Å². The maximum atomic E-state index is 13.3. The van der Waals surface area contributed by atoms with Gasteiger partial charge in [-0.15, -0.1) is 0 Å². The number of anilines is 1. The summed E-state index contributed by atoms with van der Waals surface area (Å²) >= 11 is 0. The molecule has 0 saturated carbocycles. The summed E-state index contributed by atoms with van der Waals surface area (Å²) in [5.74, 6) is 0. The third-order valence-corrected chi connectivity index (χ3v) is 8.99. The van der Waals surface area contributed by atoms with Crippen LogP contribution < -0.4 is 4.90 Å². The van der Waals surface area contributed by atoms with E-state index in [1.165, 1.54) is 9.54 Å². The predicted octanol–water partition coefficient (Wildman–Crippen LogP) is 4.60. The Morgan fingerprint density at radius 1 is 0.892 bits per heavy atom. The highest BCUT2D eigenvalue weighted by molar-refractivity contribution is 7.90. The summed E-state index contributed by atoms with van der Waals surface area (Å²) in [4.78, 5) is 8.41. The van der Waals surface area contributed by atoms with Crippen molar-refractivity contribution in [2.75, 3.05) is 37.6 Å². The van der Waals surface area contributed by atoms with Crippen molar-refractivity contribution in [1.29, 1.82) is 5.26 Å². The lowest BCUT2D eigenvalue weighted by Gasteiger charge is -2.36. The van der Waals surface area contributed by atoms with Crippen molar-refractivity contribution in [3.63, 3.8) is 0 Å². The van der Waals surface area contributed by atoms with E-state index in [4.69, 9.17) is 0 Å². The standard InChI is InChI=1S/C29H27N5O2S/c30-20-22-9-10-27-26(19-22)23(21-31-27)11-13-32-15-17-33(18-16-32)28-7-4-8-29-25(28)12-14-34(29)37(35,36)24-5-2-1-3-6-24/h1-10,12,14,19,21,31H,11,13,15-18H2. The SMILES string of the molecule is N#Cc1ccc2[nH]cc(CCN3CCN(c4cccc5c4ccn5S(=O)(=O)c4ccccc4)CC3)c2c1. The Kier molecular flexibility index (Phi) is 5.95. The topological polar surface area (TPSA) is 85.1 Å². The molecule has 3 aromatic carbocycles. The molecule has 2 aromatic heterocycles. The molecule has 0 spiro atoms. The second kappa shape index (κ2) is 9.43. The second-order valence-corrected chi connectivity index (χ2v) is 11.2. The highest BCUT2D eigenvalue weighted by Gasteiger charge is 2.23. The van der Waals surface area contributed by atoms with E-state index in [1.807, 2.05) is 42.5 Å². The van der Waals surface area contributed by atoms with Gasteiger partial charge in [-0.05, 0) is 60.5 Å². The molecule has 1 N–H and O–H groups in total. The Hall–Kier alpha value is -4.06. The van der Waals surface area contributed by atoms with Crippen molar-refractivity contribution in [1.82, 2.24) is 13.9 Å². The summed E-state index contributed by atoms with van der Waals surface area (Å²) in [5, 5.41) is 11.3. The number of rotatable bonds is 6. The summed E-state index contributed by atoms with van der Waals surface area (Å²) in [5.41, 5.74) is 4.75. The maximum absolute atomic E-state index is 13.3. The highest BCUT2D eigenvalue weighted by atomic mass is 32.2. The predicted molar refractivity (Wildman–Crippen MR) is 146 cm³/mol. The van der Waals surface area contributed by atoms with Gasteiger partial charge in [-0.1, -0.05) is 24.3 Å². The van der Waals surface area contributed by atoms with Gasteiger partial charge in [-0.25, -0.2) is 12.4 Å². The first-order valence-corrected chi connectivity index (χ1v) is 13.9. The second-order valence-electron chi connectivity index (χ2n) is 9.40. The number of nitrogens with one attached hydrogen (secondary N) is 1. The van der Waals surface area contributed by atoms with Gasteiger partial charge in [0.05, 0.1) is 22.0 Å². The minimum absolute atomic E-state index is 0.283. The molecule has 186 valence electrons. The van der Waals surface area contributed by atoms with Crippen LogP contribution in [0.2, 0.25) is 0 Å². The molecule has 6 rings (SSSR count). The lowest BCUT2D eigenvalue weighted by molar-refractivity contribution is 0.261. The first kappa shape index (κ1) is 23.3. The number of nitriles is 1. The van der Waals surface area contributed by atoms with Gasteiger partial charge in [0.2, 0.25) is 0 Å². The van der Waals surface area contributed by atoms with Crippen LogP contribution >= 0.6 is 0 Å². The van der Waals surface area contributed by atoms with Gasteiger partial charge >= 0.3 is 0 Å². The van der Waals surface area contributed by atoms with Crippen LogP contribution in [-0.2, 0) is 16.4 Å². The Bertz CT molecular complexity index is 1720. The molecule has 8 heteroatoms. The zero-order chi connectivity index (χ0) is 25.4. The quantitative estimate of drug-likeness (QED) is 0.362. The average molecular weight is 510 g/mol. The number of fused-ring (bicyclic) bond motifs is 2. The average Bonchev–Trinajstić information content (AvgIpc) is 3.57. The monoisotopic (exact) mass is 509 g/mol. The normalized spacial score (nSPS) is 14.8. The van der Waals surface area contributed by atoms with Crippen LogP contribution in [0.1, 0.15) is 11.1 Å². The molecule has 7 nitrogen and oxygen atoms in total. The van der Waals surface area contributed by atoms with Crippen LogP contribution in [0.25, 0.3) is 21.8 Å². The molecule has 37 heavy (non-hydrogen) atoms. The third-order valence-electron chi connectivity index (χ3n) is 7.28. The molecule has 5 aromatic rings. The summed E-state index contributed by atoms with van der Waals surface area (Å²) in [6.07, 6.45) is 4.63. The Labute approximate surface area is 216 Å². The van der Waals surface area contributed by atoms with Crippen LogP contribution in [0.5, 0.6) is 0 Å². The third kappa shape index (κ3) is 4.26. The number of aromatic nitrogens is 2. The van der Waals surface area contributed by atoms with Crippen molar-refractivity contribution in [3.8, 4) is 6.07 Å². The minimum atomic E-state index is -3.66. The number of hydrogen-bond donors (Lipinski definition) is 1. The smallest absolute Gasteiger partial charge is 0.268 e. The molecule has 0 radical (unpaired) electrons. The molecule has 1 aliphatic heterocycles. The van der Waals surface area contributed by atoms with E-state index in [2.05, 4.69) is 33.1 Å². The van der Waals surface area contributed by atoms with Crippen LogP contribution in [-0.4, -0.2) is 55.0 Å². The van der Waals surface area contributed by atoms with Crippen LogP contribution in [0, 0.1) is 11.3 Å². The number of H-pyrrole nitrogens is 1. The van der Waals surface area contributed by atoms with E-state index in [-0.39, 0.29) is 4.90 Å². The molecule has 0 unspecified atom stereocenters. The number of hydrogen-bond acceptors (Lipinski definition) is 5. The zero-order valence-electron chi connectivity index (χ0n) is 20.3. The van der Waals surface area contributed by atoms with Crippen molar-refractivity contribution in [2.45, 2.75) is 11.3 Å². The van der Waals surface area contributed by atoms with Crippen LogP contribution in [0.15, 0.2) is 90.1 Å².